The van der Waals surface area contributed by atoms with Gasteiger partial charge in [-0.1, -0.05) is 0 Å². The van der Waals surface area contributed by atoms with Gasteiger partial charge in [0.2, 0.25) is 0 Å². The van der Waals surface area contributed by atoms with Crippen LogP contribution in [0, 0.1) is 0 Å². The monoisotopic (exact) mass is 226 g/mol. The predicted molar refractivity (Wildman–Crippen MR) is 62.0 cm³/mol. The van der Waals surface area contributed by atoms with Crippen LogP contribution in [-0.4, -0.2) is 28.9 Å². The number of esters is 1. The van der Waals surface area contributed by atoms with Gasteiger partial charge in [-0.15, -0.1) is 0 Å². The maximum Gasteiger partial charge on any atom is 0.305 e. The van der Waals surface area contributed by atoms with Crippen LogP contribution in [-0.2, 0) is 16.6 Å². The van der Waals surface area contributed by atoms with Crippen molar-refractivity contribution < 1.29 is 9.53 Å². The highest BCUT2D eigenvalue weighted by Gasteiger charge is 2.04. The third kappa shape index (κ3) is 3.80. The number of carbonyl (C=O) groups is 1. The summed E-state index contributed by atoms with van der Waals surface area (Å²) in [5, 5.41) is 7.19. The smallest absolute Gasteiger partial charge is 0.305 e. The Morgan fingerprint density at radius 2 is 2.44 bits per heavy atom. The number of aromatic nitrogens is 2. The highest BCUT2D eigenvalue weighted by Crippen LogP contribution is 2.13. The Balaban J connectivity index is 2.21. The van der Waals surface area contributed by atoms with Crippen LogP contribution in [0.15, 0.2) is 6.20 Å². The van der Waals surface area contributed by atoms with Crippen LogP contribution < -0.4 is 11.1 Å². The molecule has 1 heterocycles. The molecule has 6 nitrogen and oxygen atoms in total. The van der Waals surface area contributed by atoms with Crippen molar-refractivity contribution in [2.45, 2.75) is 19.8 Å². The molecule has 1 rings (SSSR count). The molecule has 16 heavy (non-hydrogen) atoms. The summed E-state index contributed by atoms with van der Waals surface area (Å²) in [5.74, 6) is 0.490. The molecule has 0 unspecified atom stereocenters. The Morgan fingerprint density at radius 1 is 1.69 bits per heavy atom. The van der Waals surface area contributed by atoms with Crippen LogP contribution >= 0.6 is 0 Å². The van der Waals surface area contributed by atoms with Crippen molar-refractivity contribution in [1.82, 2.24) is 9.78 Å². The zero-order chi connectivity index (χ0) is 12.0. The topological polar surface area (TPSA) is 82.2 Å². The number of ether oxygens (including phenoxy) is 1. The van der Waals surface area contributed by atoms with Crippen LogP contribution in [0.3, 0.4) is 0 Å². The van der Waals surface area contributed by atoms with Crippen LogP contribution in [0.1, 0.15) is 19.8 Å². The number of carbonyl (C=O) groups excluding carboxylic acids is 1. The number of nitrogen functional groups attached to an aromatic ring is 1. The minimum atomic E-state index is -0.168. The molecule has 0 aromatic carbocycles. The normalized spacial score (nSPS) is 10.1. The van der Waals surface area contributed by atoms with E-state index in [1.807, 2.05) is 0 Å². The largest absolute Gasteiger partial charge is 0.466 e. The van der Waals surface area contributed by atoms with Gasteiger partial charge in [-0.25, -0.2) is 0 Å². The number of rotatable bonds is 6. The molecule has 0 amide bonds. The van der Waals surface area contributed by atoms with Crippen LogP contribution in [0.2, 0.25) is 0 Å². The van der Waals surface area contributed by atoms with Crippen molar-refractivity contribution in [3.63, 3.8) is 0 Å². The van der Waals surface area contributed by atoms with E-state index in [1.165, 1.54) is 0 Å². The summed E-state index contributed by atoms with van der Waals surface area (Å²) in [4.78, 5) is 11.0. The molecule has 0 fully saturated rings. The van der Waals surface area contributed by atoms with E-state index in [0.29, 0.717) is 37.5 Å². The summed E-state index contributed by atoms with van der Waals surface area (Å²) in [7, 11) is 1.81. The van der Waals surface area contributed by atoms with Gasteiger partial charge in [-0.05, 0) is 13.3 Å². The minimum Gasteiger partial charge on any atom is -0.466 e. The molecule has 1 aromatic rings. The van der Waals surface area contributed by atoms with Crippen LogP contribution in [0.4, 0.5) is 11.5 Å². The van der Waals surface area contributed by atoms with E-state index >= 15 is 0 Å². The molecule has 0 saturated heterocycles. The molecule has 3 N–H and O–H groups in total. The molecule has 0 radical (unpaired) electrons. The number of anilines is 2. The molecule has 6 heteroatoms. The Labute approximate surface area is 94.8 Å². The third-order valence-corrected chi connectivity index (χ3v) is 2.01. The standard InChI is InChI=1S/C10H18N4O2/c1-3-16-9(15)5-4-6-12-10-8(11)7-14(2)13-10/h7H,3-6,11H2,1-2H3,(H,12,13). The summed E-state index contributed by atoms with van der Waals surface area (Å²) in [6.07, 6.45) is 2.84. The first-order valence-corrected chi connectivity index (χ1v) is 5.32. The predicted octanol–water partition coefficient (Wildman–Crippen LogP) is 0.757. The van der Waals surface area contributed by atoms with E-state index < -0.39 is 0 Å². The Morgan fingerprint density at radius 3 is 3.00 bits per heavy atom. The zero-order valence-corrected chi connectivity index (χ0v) is 9.69. The van der Waals surface area contributed by atoms with Gasteiger partial charge >= 0.3 is 5.97 Å². The van der Waals surface area contributed by atoms with E-state index in [1.54, 1.807) is 24.9 Å². The highest BCUT2D eigenvalue weighted by molar-refractivity contribution is 5.69. The fourth-order valence-corrected chi connectivity index (χ4v) is 1.32. The van der Waals surface area contributed by atoms with Gasteiger partial charge in [0.1, 0.15) is 0 Å². The molecule has 0 saturated carbocycles. The van der Waals surface area contributed by atoms with Gasteiger partial charge in [0.15, 0.2) is 5.82 Å². The average molecular weight is 226 g/mol. The number of nitrogens with zero attached hydrogens (tertiary/aromatic N) is 2. The lowest BCUT2D eigenvalue weighted by atomic mass is 10.3. The molecule has 0 spiro atoms. The first kappa shape index (κ1) is 12.4. The zero-order valence-electron chi connectivity index (χ0n) is 9.69. The van der Waals surface area contributed by atoms with Crippen molar-refractivity contribution in [3.8, 4) is 0 Å². The van der Waals surface area contributed by atoms with Gasteiger partial charge in [-0.3, -0.25) is 9.48 Å². The quantitative estimate of drug-likeness (QED) is 0.552. The van der Waals surface area contributed by atoms with Crippen LogP contribution in [0.5, 0.6) is 0 Å². The third-order valence-electron chi connectivity index (χ3n) is 2.01. The molecule has 0 aliphatic carbocycles. The van der Waals surface area contributed by atoms with Crippen molar-refractivity contribution in [2.24, 2.45) is 7.05 Å². The SMILES string of the molecule is CCOC(=O)CCCNc1nn(C)cc1N. The average Bonchev–Trinajstić information content (AvgIpc) is 2.53. The number of hydrogen-bond donors (Lipinski definition) is 2. The number of aryl methyl sites for hydroxylation is 1. The van der Waals surface area contributed by atoms with Crippen molar-refractivity contribution in [2.75, 3.05) is 24.2 Å². The van der Waals surface area contributed by atoms with Gasteiger partial charge in [0, 0.05) is 26.2 Å². The van der Waals surface area contributed by atoms with Gasteiger partial charge in [-0.2, -0.15) is 5.10 Å². The second-order valence-electron chi connectivity index (χ2n) is 3.44. The first-order valence-electron chi connectivity index (χ1n) is 5.32. The molecular weight excluding hydrogens is 208 g/mol. The molecule has 0 aliphatic rings. The van der Waals surface area contributed by atoms with Crippen molar-refractivity contribution in [3.05, 3.63) is 6.20 Å². The second kappa shape index (κ2) is 5.99. The lowest BCUT2D eigenvalue weighted by Gasteiger charge is -2.03. The summed E-state index contributed by atoms with van der Waals surface area (Å²) >= 11 is 0. The maximum atomic E-state index is 11.0. The molecule has 0 atom stereocenters. The second-order valence-corrected chi connectivity index (χ2v) is 3.44. The summed E-state index contributed by atoms with van der Waals surface area (Å²) < 4.78 is 6.45. The Bertz CT molecular complexity index is 349. The number of nitrogens with one attached hydrogen (secondary N) is 1. The fraction of sp³-hybridized carbons (Fsp3) is 0.600. The molecule has 0 bridgehead atoms. The maximum absolute atomic E-state index is 11.0. The minimum absolute atomic E-state index is 0.168. The number of nitrogens with two attached hydrogens (primary N) is 1. The van der Waals surface area contributed by atoms with Gasteiger partial charge in [0.25, 0.3) is 0 Å². The molecule has 0 aliphatic heterocycles. The molecular formula is C10H18N4O2. The first-order chi connectivity index (χ1) is 7.63. The Hall–Kier alpha value is -1.72. The highest BCUT2D eigenvalue weighted by atomic mass is 16.5. The molecule has 1 aromatic heterocycles. The van der Waals surface area contributed by atoms with E-state index in [-0.39, 0.29) is 5.97 Å². The van der Waals surface area contributed by atoms with E-state index in [2.05, 4.69) is 10.4 Å². The van der Waals surface area contributed by atoms with E-state index in [4.69, 9.17) is 10.5 Å². The van der Waals surface area contributed by atoms with Crippen LogP contribution in [0.25, 0.3) is 0 Å². The van der Waals surface area contributed by atoms with E-state index in [0.717, 1.165) is 0 Å². The van der Waals surface area contributed by atoms with Gasteiger partial charge < -0.3 is 15.8 Å². The fourth-order valence-electron chi connectivity index (χ4n) is 1.32. The van der Waals surface area contributed by atoms with Crippen molar-refractivity contribution in [1.29, 1.82) is 0 Å². The van der Waals surface area contributed by atoms with E-state index in [9.17, 15) is 4.79 Å². The summed E-state index contributed by atoms with van der Waals surface area (Å²) in [6.45, 7) is 2.88. The van der Waals surface area contributed by atoms with Gasteiger partial charge in [0.05, 0.1) is 12.3 Å². The Kier molecular flexibility index (Phi) is 4.63. The molecule has 90 valence electrons. The lowest BCUT2D eigenvalue weighted by molar-refractivity contribution is -0.143. The van der Waals surface area contributed by atoms with Crippen molar-refractivity contribution >= 4 is 17.5 Å². The number of hydrogen-bond acceptors (Lipinski definition) is 5. The summed E-state index contributed by atoms with van der Waals surface area (Å²) in [5.41, 5.74) is 6.30. The summed E-state index contributed by atoms with van der Waals surface area (Å²) in [6, 6.07) is 0. The lowest BCUT2D eigenvalue weighted by Crippen LogP contribution is -2.09.